The Morgan fingerprint density at radius 1 is 1.33 bits per heavy atom. The van der Waals surface area contributed by atoms with Crippen molar-refractivity contribution in [3.8, 4) is 0 Å². The number of hydrogen-bond acceptors (Lipinski definition) is 3. The van der Waals surface area contributed by atoms with Crippen molar-refractivity contribution in [1.82, 2.24) is 0 Å². The van der Waals surface area contributed by atoms with Crippen LogP contribution in [-0.2, 0) is 4.79 Å². The lowest BCUT2D eigenvalue weighted by Crippen LogP contribution is -2.05. The Hall–Kier alpha value is -1.49. The van der Waals surface area contributed by atoms with E-state index in [4.69, 9.17) is 0 Å². The molecule has 2 rings (SSSR count). The average molecular weight is 267 g/mol. The monoisotopic (exact) mass is 267 g/mol. The van der Waals surface area contributed by atoms with Gasteiger partial charge in [-0.15, -0.1) is 0 Å². The number of allylic oxidation sites excluding steroid dienone is 1. The molecule has 0 spiro atoms. The van der Waals surface area contributed by atoms with Gasteiger partial charge in [0.05, 0.1) is 0 Å². The van der Waals surface area contributed by atoms with Crippen LogP contribution in [0, 0.1) is 6.92 Å². The van der Waals surface area contributed by atoms with E-state index in [0.29, 0.717) is 0 Å². The van der Waals surface area contributed by atoms with Crippen LogP contribution in [0.5, 0.6) is 0 Å². The zero-order chi connectivity index (χ0) is 13.1. The number of aliphatic imine (C=N–C) groups is 1. The molecule has 0 unspecified atom stereocenters. The van der Waals surface area contributed by atoms with Crippen LogP contribution in [0.1, 0.15) is 11.1 Å². The summed E-state index contributed by atoms with van der Waals surface area (Å²) >= 11 is 1.16. The van der Waals surface area contributed by atoms with Crippen molar-refractivity contribution in [1.29, 1.82) is 0 Å². The van der Waals surface area contributed by atoms with E-state index in [-0.39, 0.29) is 10.8 Å². The molecule has 0 amide bonds. The van der Waals surface area contributed by atoms with E-state index in [0.717, 1.165) is 27.8 Å². The molecule has 1 aromatic carbocycles. The molecule has 94 valence electrons. The van der Waals surface area contributed by atoms with Gasteiger partial charge in [-0.1, -0.05) is 36.0 Å². The number of carbonyl (C=O) groups is 1. The molecular weight excluding hydrogens is 256 g/mol. The maximum Gasteiger partial charge on any atom is 0.257 e. The Morgan fingerprint density at radius 2 is 2.06 bits per heavy atom. The van der Waals surface area contributed by atoms with E-state index in [2.05, 4.69) is 4.99 Å². The number of aryl methyl sites for hydroxylation is 1. The van der Waals surface area contributed by atoms with Crippen molar-refractivity contribution in [2.75, 3.05) is 6.54 Å². The average Bonchev–Trinajstić information content (AvgIpc) is 2.68. The third kappa shape index (κ3) is 2.85. The molecule has 0 aromatic heterocycles. The second-order valence-corrected chi connectivity index (χ2v) is 4.86. The summed E-state index contributed by atoms with van der Waals surface area (Å²) in [4.78, 5) is 16.0. The highest BCUT2D eigenvalue weighted by atomic mass is 32.2. The molecule has 1 aromatic rings. The minimum Gasteiger partial charge on any atom is -0.287 e. The van der Waals surface area contributed by atoms with Crippen LogP contribution in [0.25, 0.3) is 4.91 Å². The maximum atomic E-state index is 12.1. The van der Waals surface area contributed by atoms with Crippen LogP contribution in [0.2, 0.25) is 0 Å². The van der Waals surface area contributed by atoms with Crippen molar-refractivity contribution in [2.45, 2.75) is 13.3 Å². The summed E-state index contributed by atoms with van der Waals surface area (Å²) in [6.45, 7) is 1.32. The highest BCUT2D eigenvalue weighted by molar-refractivity contribution is 8.24. The summed E-state index contributed by atoms with van der Waals surface area (Å²) in [6.07, 6.45) is -1.06. The van der Waals surface area contributed by atoms with Crippen molar-refractivity contribution in [2.24, 2.45) is 4.99 Å². The molecule has 1 aliphatic heterocycles. The largest absolute Gasteiger partial charge is 0.287 e. The van der Waals surface area contributed by atoms with Crippen molar-refractivity contribution >= 4 is 27.5 Å². The second kappa shape index (κ2) is 5.44. The molecule has 1 aliphatic rings. The number of hydrogen-bond donors (Lipinski definition) is 0. The van der Waals surface area contributed by atoms with E-state index >= 15 is 0 Å². The molecule has 0 fully saturated rings. The minimum absolute atomic E-state index is 0.147. The van der Waals surface area contributed by atoms with E-state index in [1.165, 1.54) is 6.08 Å². The number of benzene rings is 1. The molecule has 0 saturated heterocycles. The highest BCUT2D eigenvalue weighted by Gasteiger charge is 2.23. The highest BCUT2D eigenvalue weighted by Crippen LogP contribution is 2.35. The predicted octanol–water partition coefficient (Wildman–Crippen LogP) is 3.32. The summed E-state index contributed by atoms with van der Waals surface area (Å²) in [6, 6.07) is 7.63. The molecular formula is C13H11F2NOS. The Labute approximate surface area is 108 Å². The van der Waals surface area contributed by atoms with E-state index in [1.54, 1.807) is 0 Å². The second-order valence-electron chi connectivity index (χ2n) is 3.83. The first kappa shape index (κ1) is 13.0. The molecule has 0 radical (unpaired) electrons. The summed E-state index contributed by atoms with van der Waals surface area (Å²) in [5, 5.41) is 0.147. The fourth-order valence-corrected chi connectivity index (χ4v) is 2.62. The summed E-state index contributed by atoms with van der Waals surface area (Å²) in [5.74, 6) is -0.293. The first-order valence-corrected chi connectivity index (χ1v) is 6.22. The van der Waals surface area contributed by atoms with Crippen LogP contribution in [0.15, 0.2) is 35.3 Å². The van der Waals surface area contributed by atoms with Gasteiger partial charge in [0, 0.05) is 11.0 Å². The zero-order valence-electron chi connectivity index (χ0n) is 9.69. The first-order valence-electron chi connectivity index (χ1n) is 5.40. The smallest absolute Gasteiger partial charge is 0.257 e. The lowest BCUT2D eigenvalue weighted by Gasteiger charge is -2.04. The van der Waals surface area contributed by atoms with Gasteiger partial charge in [0.25, 0.3) is 6.43 Å². The van der Waals surface area contributed by atoms with Crippen LogP contribution in [-0.4, -0.2) is 23.8 Å². The van der Waals surface area contributed by atoms with Gasteiger partial charge in [0.2, 0.25) is 5.78 Å². The van der Waals surface area contributed by atoms with E-state index in [1.807, 2.05) is 31.2 Å². The predicted molar refractivity (Wildman–Crippen MR) is 70.1 cm³/mol. The van der Waals surface area contributed by atoms with Crippen molar-refractivity contribution < 1.29 is 13.6 Å². The SMILES string of the molecule is Cc1ccccc1C1=CC(=O)/C(=N/CC(F)F)S1. The molecule has 0 aliphatic carbocycles. The van der Waals surface area contributed by atoms with Gasteiger partial charge in [-0.3, -0.25) is 9.79 Å². The van der Waals surface area contributed by atoms with Crippen LogP contribution in [0.4, 0.5) is 8.78 Å². The lowest BCUT2D eigenvalue weighted by atomic mass is 10.1. The minimum atomic E-state index is -2.52. The molecule has 0 N–H and O–H groups in total. The Balaban J connectivity index is 2.20. The fourth-order valence-electron chi connectivity index (χ4n) is 1.61. The summed E-state index contributed by atoms with van der Waals surface area (Å²) in [5.41, 5.74) is 1.98. The number of carbonyl (C=O) groups excluding carboxylic acids is 1. The molecule has 18 heavy (non-hydrogen) atoms. The lowest BCUT2D eigenvalue weighted by molar-refractivity contribution is -0.108. The van der Waals surface area contributed by atoms with Crippen LogP contribution < -0.4 is 0 Å². The van der Waals surface area contributed by atoms with Gasteiger partial charge in [0.1, 0.15) is 11.6 Å². The van der Waals surface area contributed by atoms with E-state index < -0.39 is 13.0 Å². The molecule has 0 saturated carbocycles. The van der Waals surface area contributed by atoms with Crippen molar-refractivity contribution in [3.05, 3.63) is 41.5 Å². The van der Waals surface area contributed by atoms with Gasteiger partial charge in [-0.2, -0.15) is 0 Å². The third-order valence-corrected chi connectivity index (χ3v) is 3.54. The first-order chi connectivity index (χ1) is 8.58. The molecule has 5 heteroatoms. The molecule has 2 nitrogen and oxygen atoms in total. The molecule has 1 heterocycles. The number of halogens is 2. The van der Waals surface area contributed by atoms with E-state index in [9.17, 15) is 13.6 Å². The quantitative estimate of drug-likeness (QED) is 0.840. The van der Waals surface area contributed by atoms with Crippen LogP contribution in [0.3, 0.4) is 0 Å². The van der Waals surface area contributed by atoms with Gasteiger partial charge < -0.3 is 0 Å². The maximum absolute atomic E-state index is 12.1. The van der Waals surface area contributed by atoms with Gasteiger partial charge in [-0.05, 0) is 18.1 Å². The normalized spacial score (nSPS) is 17.7. The zero-order valence-corrected chi connectivity index (χ0v) is 10.5. The number of nitrogens with zero attached hydrogens (tertiary/aromatic N) is 1. The number of ketones is 1. The van der Waals surface area contributed by atoms with Crippen LogP contribution >= 0.6 is 11.8 Å². The fraction of sp³-hybridized carbons (Fsp3) is 0.231. The van der Waals surface area contributed by atoms with Crippen molar-refractivity contribution in [3.63, 3.8) is 0 Å². The van der Waals surface area contributed by atoms with Gasteiger partial charge >= 0.3 is 0 Å². The van der Waals surface area contributed by atoms with Gasteiger partial charge in [0.15, 0.2) is 0 Å². The Morgan fingerprint density at radius 3 is 2.72 bits per heavy atom. The summed E-state index contributed by atoms with van der Waals surface area (Å²) < 4.78 is 24.1. The Bertz CT molecular complexity index is 538. The number of alkyl halides is 2. The topological polar surface area (TPSA) is 29.4 Å². The Kier molecular flexibility index (Phi) is 3.91. The standard InChI is InChI=1S/C13H11F2NOS/c1-8-4-2-3-5-9(8)11-6-10(17)13(18-11)16-7-12(14)15/h2-6,12H,7H2,1H3/b16-13-. The summed E-state index contributed by atoms with van der Waals surface area (Å²) in [7, 11) is 0. The molecule has 0 atom stereocenters. The number of rotatable bonds is 3. The van der Waals surface area contributed by atoms with Gasteiger partial charge in [-0.25, -0.2) is 8.78 Å². The third-order valence-electron chi connectivity index (χ3n) is 2.46. The number of thioether (sulfide) groups is 1. The molecule has 0 bridgehead atoms.